The summed E-state index contributed by atoms with van der Waals surface area (Å²) in [4.78, 5) is 38.1. The van der Waals surface area contributed by atoms with Gasteiger partial charge in [-0.25, -0.2) is 0 Å². The smallest absolute Gasteiger partial charge is 0.290 e. The first kappa shape index (κ1) is 23.1. The number of hydrogen-bond acceptors (Lipinski definition) is 6. The summed E-state index contributed by atoms with van der Waals surface area (Å²) in [5.41, 5.74) is 1.36. The van der Waals surface area contributed by atoms with Crippen molar-refractivity contribution in [1.29, 1.82) is 0 Å². The van der Waals surface area contributed by atoms with Gasteiger partial charge in [0.2, 0.25) is 5.91 Å². The lowest BCUT2D eigenvalue weighted by Crippen LogP contribution is -2.50. The van der Waals surface area contributed by atoms with Gasteiger partial charge in [-0.2, -0.15) is 0 Å². The van der Waals surface area contributed by atoms with Crippen LogP contribution in [0.4, 0.5) is 0 Å². The van der Waals surface area contributed by atoms with Crippen LogP contribution in [0, 0.1) is 12.8 Å². The molecule has 0 saturated heterocycles. The molecule has 10 heteroatoms. The highest BCUT2D eigenvalue weighted by Crippen LogP contribution is 2.28. The van der Waals surface area contributed by atoms with Crippen molar-refractivity contribution >= 4 is 18.3 Å². The molecule has 0 aliphatic heterocycles. The Morgan fingerprint density at radius 2 is 2.20 bits per heavy atom. The molecule has 3 atom stereocenters. The van der Waals surface area contributed by atoms with E-state index in [-0.39, 0.29) is 36.4 Å². The number of carboxylic acid groups (broad SMARTS) is 1. The van der Waals surface area contributed by atoms with Gasteiger partial charge in [0.15, 0.2) is 5.76 Å². The number of H-pyrrole nitrogens is 1. The fraction of sp³-hybridized carbons (Fsp3) is 0.500. The van der Waals surface area contributed by atoms with Gasteiger partial charge in [-0.05, 0) is 32.3 Å². The number of carbonyl (C=O) groups excluding carboxylic acids is 2. The number of aromatic nitrogens is 2. The van der Waals surface area contributed by atoms with Crippen molar-refractivity contribution in [3.05, 3.63) is 41.5 Å². The van der Waals surface area contributed by atoms with Gasteiger partial charge in [-0.1, -0.05) is 5.16 Å². The predicted molar refractivity (Wildman–Crippen MR) is 107 cm³/mol. The molecule has 3 rings (SSSR count). The molecular weight excluding hydrogens is 392 g/mol. The number of amides is 2. The highest BCUT2D eigenvalue weighted by Gasteiger charge is 2.36. The van der Waals surface area contributed by atoms with E-state index in [2.05, 4.69) is 15.5 Å². The molecule has 0 bridgehead atoms. The number of carbonyl (C=O) groups is 3. The molecule has 0 aromatic carbocycles. The maximum Gasteiger partial charge on any atom is 0.290 e. The van der Waals surface area contributed by atoms with Gasteiger partial charge >= 0.3 is 0 Å². The molecule has 3 N–H and O–H groups in total. The van der Waals surface area contributed by atoms with Gasteiger partial charge < -0.3 is 29.6 Å². The van der Waals surface area contributed by atoms with E-state index in [1.807, 2.05) is 13.0 Å². The van der Waals surface area contributed by atoms with Crippen molar-refractivity contribution in [3.63, 3.8) is 0 Å². The van der Waals surface area contributed by atoms with Gasteiger partial charge in [-0.15, -0.1) is 0 Å². The molecule has 164 valence electrons. The average molecular weight is 420 g/mol. The monoisotopic (exact) mass is 420 g/mol. The molecule has 2 amide bonds. The minimum atomic E-state index is -0.250. The number of methoxy groups -OCH3 is 1. The van der Waals surface area contributed by atoms with Crippen molar-refractivity contribution in [1.82, 2.24) is 20.4 Å². The molecule has 0 unspecified atom stereocenters. The van der Waals surface area contributed by atoms with E-state index in [0.29, 0.717) is 24.3 Å². The molecule has 2 aromatic heterocycles. The minimum absolute atomic E-state index is 0.0412. The number of aryl methyl sites for hydroxylation is 1. The van der Waals surface area contributed by atoms with Gasteiger partial charge in [0.1, 0.15) is 0 Å². The topological polar surface area (TPSA) is 138 Å². The van der Waals surface area contributed by atoms with Crippen LogP contribution in [0.5, 0.6) is 0 Å². The highest BCUT2D eigenvalue weighted by atomic mass is 16.5. The molecule has 1 aliphatic rings. The number of nitrogens with one attached hydrogen (secondary N) is 2. The first-order valence-electron chi connectivity index (χ1n) is 9.61. The fourth-order valence-electron chi connectivity index (χ4n) is 3.63. The highest BCUT2D eigenvalue weighted by molar-refractivity contribution is 5.94. The summed E-state index contributed by atoms with van der Waals surface area (Å²) in [6.45, 7) is 1.98. The first-order valence-corrected chi connectivity index (χ1v) is 9.61. The summed E-state index contributed by atoms with van der Waals surface area (Å²) >= 11 is 0. The van der Waals surface area contributed by atoms with E-state index in [9.17, 15) is 9.59 Å². The third kappa shape index (κ3) is 6.18. The normalized spacial score (nSPS) is 20.6. The maximum absolute atomic E-state index is 12.9. The van der Waals surface area contributed by atoms with Crippen LogP contribution in [0.25, 0.3) is 0 Å². The first-order chi connectivity index (χ1) is 14.4. The zero-order chi connectivity index (χ0) is 22.1. The lowest BCUT2D eigenvalue weighted by Gasteiger charge is -2.36. The lowest BCUT2D eigenvalue weighted by atomic mass is 9.82. The Labute approximate surface area is 174 Å². The molecule has 2 aromatic rings. The molecule has 2 heterocycles. The molecule has 0 spiro atoms. The Morgan fingerprint density at radius 1 is 1.47 bits per heavy atom. The summed E-state index contributed by atoms with van der Waals surface area (Å²) in [6, 6.07) is 3.34. The molecule has 30 heavy (non-hydrogen) atoms. The van der Waals surface area contributed by atoms with Gasteiger partial charge in [0.25, 0.3) is 12.4 Å². The van der Waals surface area contributed by atoms with E-state index in [1.54, 1.807) is 37.5 Å². The Bertz CT molecular complexity index is 819. The molecular formula is C20H28N4O6. The van der Waals surface area contributed by atoms with Crippen LogP contribution in [0.2, 0.25) is 0 Å². The number of hydrogen-bond donors (Lipinski definition) is 3. The third-order valence-corrected chi connectivity index (χ3v) is 5.06. The Balaban J connectivity index is 0.00000101. The van der Waals surface area contributed by atoms with Crippen molar-refractivity contribution in [2.75, 3.05) is 14.2 Å². The average Bonchev–Trinajstić information content (AvgIpc) is 3.40. The summed E-state index contributed by atoms with van der Waals surface area (Å²) in [5.74, 6) is 0.370. The molecule has 1 fully saturated rings. The van der Waals surface area contributed by atoms with E-state index in [4.69, 9.17) is 19.2 Å². The van der Waals surface area contributed by atoms with Gasteiger partial charge in [-0.3, -0.25) is 14.4 Å². The second-order valence-corrected chi connectivity index (χ2v) is 7.20. The molecule has 1 aliphatic carbocycles. The van der Waals surface area contributed by atoms with Crippen molar-refractivity contribution in [2.24, 2.45) is 5.92 Å². The zero-order valence-corrected chi connectivity index (χ0v) is 17.3. The second kappa shape index (κ2) is 11.1. The summed E-state index contributed by atoms with van der Waals surface area (Å²) in [7, 11) is 3.40. The van der Waals surface area contributed by atoms with E-state index >= 15 is 0 Å². The standard InChI is InChI=1S/C19H26N4O4.CH2O2/c1-12-8-15(27-22-12)11-23(2)19(25)13-4-5-17(26-3)16(9-13)21-18(24)14-6-7-20-10-14;2-1-3/h6-8,10,13,16-17,20H,4-5,9,11H2,1-3H3,(H,21,24);1H,(H,2,3)/t13-,16+,17+;/m0./s1. The third-order valence-electron chi connectivity index (χ3n) is 5.06. The number of rotatable bonds is 6. The van der Waals surface area contributed by atoms with Crippen LogP contribution in [-0.2, 0) is 20.9 Å². The number of aromatic amines is 1. The van der Waals surface area contributed by atoms with E-state index in [1.165, 1.54) is 0 Å². The van der Waals surface area contributed by atoms with Crippen molar-refractivity contribution < 1.29 is 28.8 Å². The van der Waals surface area contributed by atoms with Crippen LogP contribution < -0.4 is 5.32 Å². The van der Waals surface area contributed by atoms with Crippen LogP contribution in [0.15, 0.2) is 29.0 Å². The Morgan fingerprint density at radius 3 is 2.77 bits per heavy atom. The van der Waals surface area contributed by atoms with Crippen LogP contribution in [0.1, 0.15) is 41.1 Å². The van der Waals surface area contributed by atoms with Crippen molar-refractivity contribution in [2.45, 2.75) is 44.9 Å². The molecule has 1 saturated carbocycles. The fourth-order valence-corrected chi connectivity index (χ4v) is 3.63. The van der Waals surface area contributed by atoms with Crippen LogP contribution >= 0.6 is 0 Å². The van der Waals surface area contributed by atoms with Crippen LogP contribution in [0.3, 0.4) is 0 Å². The lowest BCUT2D eigenvalue weighted by molar-refractivity contribution is -0.137. The number of ether oxygens (including phenoxy) is 1. The molecule has 10 nitrogen and oxygen atoms in total. The van der Waals surface area contributed by atoms with Crippen molar-refractivity contribution in [3.8, 4) is 0 Å². The zero-order valence-electron chi connectivity index (χ0n) is 17.3. The second-order valence-electron chi connectivity index (χ2n) is 7.20. The van der Waals surface area contributed by atoms with Gasteiger partial charge in [0, 0.05) is 38.5 Å². The maximum atomic E-state index is 12.9. The van der Waals surface area contributed by atoms with E-state index < -0.39 is 0 Å². The van der Waals surface area contributed by atoms with Crippen LogP contribution in [-0.4, -0.2) is 64.7 Å². The predicted octanol–water partition coefficient (Wildman–Crippen LogP) is 1.58. The quantitative estimate of drug-likeness (QED) is 0.603. The summed E-state index contributed by atoms with van der Waals surface area (Å²) in [5, 5.41) is 13.8. The minimum Gasteiger partial charge on any atom is -0.483 e. The Kier molecular flexibility index (Phi) is 8.60. The largest absolute Gasteiger partial charge is 0.483 e. The summed E-state index contributed by atoms with van der Waals surface area (Å²) in [6.07, 6.45) is 5.26. The van der Waals surface area contributed by atoms with Gasteiger partial charge in [0.05, 0.1) is 29.9 Å². The number of nitrogens with zero attached hydrogens (tertiary/aromatic N) is 2. The summed E-state index contributed by atoms with van der Waals surface area (Å²) < 4.78 is 10.7. The Hall–Kier alpha value is -3.14. The molecule has 0 radical (unpaired) electrons. The van der Waals surface area contributed by atoms with E-state index in [0.717, 1.165) is 18.5 Å². The SMILES string of the molecule is CO[C@@H]1CC[C@H](C(=O)N(C)Cc2cc(C)no2)C[C@H]1NC(=O)c1cc[nH]c1.O=CO.